The van der Waals surface area contributed by atoms with Crippen LogP contribution in [-0.2, 0) is 22.6 Å². The molecule has 0 unspecified atom stereocenters. The van der Waals surface area contributed by atoms with Crippen molar-refractivity contribution in [1.29, 1.82) is 0 Å². The standard InChI is InChI=1S/C21H22N2O4S2/c1-11(2)15-8-13-16(9-27-15)29-19-18(13)20(26)23(14-7-5-4-6-12(14)3)21(22-19)28-10-17(24)25/h4-7,11,15H,8-10H2,1-3H3,(H,24,25)/p-1/t15-/m0/s1. The van der Waals surface area contributed by atoms with E-state index in [-0.39, 0.29) is 17.4 Å². The first kappa shape index (κ1) is 20.1. The summed E-state index contributed by atoms with van der Waals surface area (Å²) in [4.78, 5) is 31.1. The molecule has 0 aliphatic carbocycles. The molecule has 0 amide bonds. The second kappa shape index (κ2) is 7.93. The van der Waals surface area contributed by atoms with E-state index < -0.39 is 5.97 Å². The topological polar surface area (TPSA) is 84.3 Å². The fraction of sp³-hybridized carbons (Fsp3) is 0.381. The van der Waals surface area contributed by atoms with Crippen LogP contribution in [0.4, 0.5) is 0 Å². The van der Waals surface area contributed by atoms with E-state index in [0.29, 0.717) is 40.0 Å². The van der Waals surface area contributed by atoms with Gasteiger partial charge >= 0.3 is 0 Å². The van der Waals surface area contributed by atoms with Crippen molar-refractivity contribution in [3.05, 3.63) is 50.6 Å². The highest BCUT2D eigenvalue weighted by molar-refractivity contribution is 7.99. The van der Waals surface area contributed by atoms with Crippen molar-refractivity contribution in [2.24, 2.45) is 5.92 Å². The number of aromatic nitrogens is 2. The molecule has 3 heterocycles. The maximum absolute atomic E-state index is 13.7. The molecule has 4 rings (SSSR count). The minimum Gasteiger partial charge on any atom is -0.549 e. The summed E-state index contributed by atoms with van der Waals surface area (Å²) in [5, 5.41) is 12.0. The Kier molecular flexibility index (Phi) is 5.50. The Morgan fingerprint density at radius 2 is 2.17 bits per heavy atom. The molecular formula is C21H21N2O4S2-. The minimum absolute atomic E-state index is 0.0683. The number of aliphatic carboxylic acids is 1. The number of fused-ring (bicyclic) bond motifs is 3. The summed E-state index contributed by atoms with van der Waals surface area (Å²) in [5.74, 6) is -1.12. The average molecular weight is 430 g/mol. The lowest BCUT2D eigenvalue weighted by Crippen LogP contribution is -2.29. The number of ether oxygens (including phenoxy) is 1. The van der Waals surface area contributed by atoms with Crippen LogP contribution < -0.4 is 10.7 Å². The zero-order valence-corrected chi connectivity index (χ0v) is 18.1. The van der Waals surface area contributed by atoms with Crippen LogP contribution in [-0.4, -0.2) is 27.4 Å². The number of thiophene rings is 1. The lowest BCUT2D eigenvalue weighted by molar-refractivity contribution is -0.301. The molecular weight excluding hydrogens is 408 g/mol. The number of thioether (sulfide) groups is 1. The molecule has 1 aliphatic rings. The van der Waals surface area contributed by atoms with E-state index in [9.17, 15) is 14.7 Å². The van der Waals surface area contributed by atoms with Gasteiger partial charge in [-0.3, -0.25) is 9.36 Å². The number of hydrogen-bond donors (Lipinski definition) is 0. The van der Waals surface area contributed by atoms with Crippen molar-refractivity contribution in [3.63, 3.8) is 0 Å². The monoisotopic (exact) mass is 429 g/mol. The molecule has 1 atom stereocenters. The van der Waals surface area contributed by atoms with E-state index in [1.54, 1.807) is 0 Å². The smallest absolute Gasteiger partial charge is 0.267 e. The molecule has 0 saturated heterocycles. The average Bonchev–Trinajstić information content (AvgIpc) is 3.05. The molecule has 6 nitrogen and oxygen atoms in total. The number of rotatable bonds is 5. The summed E-state index contributed by atoms with van der Waals surface area (Å²) in [7, 11) is 0. The summed E-state index contributed by atoms with van der Waals surface area (Å²) in [5.41, 5.74) is 2.48. The summed E-state index contributed by atoms with van der Waals surface area (Å²) < 4.78 is 7.50. The lowest BCUT2D eigenvalue weighted by atomic mass is 9.96. The van der Waals surface area contributed by atoms with Crippen molar-refractivity contribution in [2.45, 2.75) is 45.1 Å². The highest BCUT2D eigenvalue weighted by Crippen LogP contribution is 2.36. The fourth-order valence-corrected chi connectivity index (χ4v) is 5.47. The first-order valence-electron chi connectivity index (χ1n) is 9.44. The molecule has 152 valence electrons. The number of carbonyl (C=O) groups excluding carboxylic acids is 1. The Hall–Kier alpha value is -2.16. The summed E-state index contributed by atoms with van der Waals surface area (Å²) in [6.45, 7) is 6.63. The van der Waals surface area contributed by atoms with Crippen LogP contribution in [0.3, 0.4) is 0 Å². The maximum Gasteiger partial charge on any atom is 0.267 e. The molecule has 2 aromatic heterocycles. The predicted molar refractivity (Wildman–Crippen MR) is 113 cm³/mol. The number of para-hydroxylation sites is 1. The molecule has 29 heavy (non-hydrogen) atoms. The van der Waals surface area contributed by atoms with Crippen LogP contribution in [0.5, 0.6) is 0 Å². The van der Waals surface area contributed by atoms with Crippen molar-refractivity contribution in [2.75, 3.05) is 5.75 Å². The third kappa shape index (κ3) is 3.72. The van der Waals surface area contributed by atoms with Crippen LogP contribution in [0.2, 0.25) is 0 Å². The Morgan fingerprint density at radius 1 is 1.41 bits per heavy atom. The highest BCUT2D eigenvalue weighted by atomic mass is 32.2. The van der Waals surface area contributed by atoms with Crippen LogP contribution in [0, 0.1) is 12.8 Å². The number of carbonyl (C=O) groups is 1. The number of carboxylic acids is 1. The lowest BCUT2D eigenvalue weighted by Gasteiger charge is -2.26. The van der Waals surface area contributed by atoms with Gasteiger partial charge in [-0.2, -0.15) is 0 Å². The molecule has 0 radical (unpaired) electrons. The third-order valence-electron chi connectivity index (χ3n) is 5.13. The van der Waals surface area contributed by atoms with Crippen LogP contribution in [0.15, 0.2) is 34.2 Å². The van der Waals surface area contributed by atoms with Gasteiger partial charge in [0.1, 0.15) is 4.83 Å². The highest BCUT2D eigenvalue weighted by Gasteiger charge is 2.28. The van der Waals surface area contributed by atoms with Gasteiger partial charge < -0.3 is 14.6 Å². The van der Waals surface area contributed by atoms with Gasteiger partial charge in [-0.15, -0.1) is 11.3 Å². The zero-order chi connectivity index (χ0) is 20.7. The summed E-state index contributed by atoms with van der Waals surface area (Å²) in [6.07, 6.45) is 0.752. The van der Waals surface area contributed by atoms with Crippen LogP contribution in [0.25, 0.3) is 15.9 Å². The Labute approximate surface area is 176 Å². The van der Waals surface area contributed by atoms with E-state index in [1.165, 1.54) is 15.9 Å². The number of carboxylic acid groups (broad SMARTS) is 1. The Morgan fingerprint density at radius 3 is 2.86 bits per heavy atom. The fourth-order valence-electron chi connectivity index (χ4n) is 3.58. The molecule has 0 saturated carbocycles. The van der Waals surface area contributed by atoms with Crippen LogP contribution in [0.1, 0.15) is 29.9 Å². The molecule has 0 spiro atoms. The first-order chi connectivity index (χ1) is 13.9. The number of aryl methyl sites for hydroxylation is 1. The van der Waals surface area contributed by atoms with E-state index in [4.69, 9.17) is 9.72 Å². The Bertz CT molecular complexity index is 1150. The second-order valence-electron chi connectivity index (χ2n) is 7.46. The SMILES string of the molecule is Cc1ccccc1-n1c(SCC(=O)[O-])nc2sc3c(c2c1=O)C[C@@H](C(C)C)OC3. The van der Waals surface area contributed by atoms with Gasteiger partial charge in [-0.25, -0.2) is 4.98 Å². The number of hydrogen-bond acceptors (Lipinski definition) is 7. The molecule has 0 fully saturated rings. The first-order valence-corrected chi connectivity index (χ1v) is 11.2. The van der Waals surface area contributed by atoms with Crippen molar-refractivity contribution in [3.8, 4) is 5.69 Å². The number of benzene rings is 1. The maximum atomic E-state index is 13.7. The largest absolute Gasteiger partial charge is 0.549 e. The van der Waals surface area contributed by atoms with E-state index in [2.05, 4.69) is 13.8 Å². The third-order valence-corrected chi connectivity index (χ3v) is 7.14. The van der Waals surface area contributed by atoms with E-state index >= 15 is 0 Å². The van der Waals surface area contributed by atoms with Gasteiger partial charge in [0.05, 0.1) is 29.8 Å². The molecule has 8 heteroatoms. The Balaban J connectivity index is 1.96. The predicted octanol–water partition coefficient (Wildman–Crippen LogP) is 2.69. The summed E-state index contributed by atoms with van der Waals surface area (Å²) >= 11 is 2.46. The number of nitrogens with zero attached hydrogens (tertiary/aromatic N) is 2. The van der Waals surface area contributed by atoms with Crippen LogP contribution >= 0.6 is 23.1 Å². The van der Waals surface area contributed by atoms with Gasteiger partial charge in [0.25, 0.3) is 5.56 Å². The minimum atomic E-state index is -1.20. The van der Waals surface area contributed by atoms with Gasteiger partial charge in [0, 0.05) is 17.1 Å². The zero-order valence-electron chi connectivity index (χ0n) is 16.4. The quantitative estimate of drug-likeness (QED) is 0.458. The van der Waals surface area contributed by atoms with E-state index in [1.807, 2.05) is 31.2 Å². The van der Waals surface area contributed by atoms with Gasteiger partial charge in [-0.05, 0) is 30.0 Å². The summed E-state index contributed by atoms with van der Waals surface area (Å²) in [6, 6.07) is 7.54. The van der Waals surface area contributed by atoms with Crippen molar-refractivity contribution < 1.29 is 14.6 Å². The van der Waals surface area contributed by atoms with Gasteiger partial charge in [0.15, 0.2) is 5.16 Å². The molecule has 1 aliphatic heterocycles. The van der Waals surface area contributed by atoms with E-state index in [0.717, 1.165) is 27.8 Å². The molecule has 3 aromatic rings. The van der Waals surface area contributed by atoms with Crippen molar-refractivity contribution >= 4 is 39.3 Å². The molecule has 0 bridgehead atoms. The van der Waals surface area contributed by atoms with Crippen molar-refractivity contribution in [1.82, 2.24) is 9.55 Å². The van der Waals surface area contributed by atoms with Gasteiger partial charge in [0.2, 0.25) is 0 Å². The normalized spacial score (nSPS) is 16.3. The molecule has 0 N–H and O–H groups in total. The van der Waals surface area contributed by atoms with Gasteiger partial charge in [-0.1, -0.05) is 43.8 Å². The second-order valence-corrected chi connectivity index (χ2v) is 9.49. The molecule has 1 aromatic carbocycles.